The number of primary amides is 1. The molecular formula is C8H7BrFN3O. The van der Waals surface area contributed by atoms with Gasteiger partial charge in [-0.3, -0.25) is 0 Å². The summed E-state index contributed by atoms with van der Waals surface area (Å²) >= 11 is 3.02. The smallest absolute Gasteiger partial charge is 0.332 e. The van der Waals surface area contributed by atoms with Crippen LogP contribution in [-0.4, -0.2) is 12.2 Å². The third-order valence-electron chi connectivity index (χ3n) is 1.33. The van der Waals surface area contributed by atoms with Crippen LogP contribution in [0.4, 0.5) is 9.18 Å². The van der Waals surface area contributed by atoms with Crippen molar-refractivity contribution in [2.75, 3.05) is 0 Å². The van der Waals surface area contributed by atoms with Gasteiger partial charge in [0.15, 0.2) is 0 Å². The number of nitrogens with two attached hydrogens (primary N) is 1. The maximum Gasteiger partial charge on any atom is 0.332 e. The van der Waals surface area contributed by atoms with E-state index in [2.05, 4.69) is 21.0 Å². The van der Waals surface area contributed by atoms with Gasteiger partial charge in [-0.15, -0.1) is 0 Å². The van der Waals surface area contributed by atoms with Crippen LogP contribution in [0, 0.1) is 5.82 Å². The molecule has 6 heteroatoms. The second-order valence-electron chi connectivity index (χ2n) is 2.41. The lowest BCUT2D eigenvalue weighted by molar-refractivity contribution is 0.249. The van der Waals surface area contributed by atoms with Gasteiger partial charge in [0.2, 0.25) is 0 Å². The van der Waals surface area contributed by atoms with Crippen molar-refractivity contribution in [3.63, 3.8) is 0 Å². The van der Waals surface area contributed by atoms with Gasteiger partial charge in [0.05, 0.1) is 10.7 Å². The summed E-state index contributed by atoms with van der Waals surface area (Å²) in [7, 11) is 0. The molecule has 0 aliphatic heterocycles. The number of amides is 2. The first-order valence-corrected chi connectivity index (χ1v) is 4.42. The minimum atomic E-state index is -0.748. The summed E-state index contributed by atoms with van der Waals surface area (Å²) in [6.07, 6.45) is 1.36. The first-order chi connectivity index (χ1) is 6.59. The van der Waals surface area contributed by atoms with Crippen LogP contribution in [0.3, 0.4) is 0 Å². The standard InChI is InChI=1S/C8H7BrFN3O/c9-6-3-5(1-2-7(6)10)4-12-13-8(11)14/h1-4H,(H3,11,13,14)/b12-4+. The summed E-state index contributed by atoms with van der Waals surface area (Å²) in [5.41, 5.74) is 7.45. The molecule has 0 aliphatic rings. The minimum absolute atomic E-state index is 0.334. The number of nitrogens with one attached hydrogen (secondary N) is 1. The van der Waals surface area contributed by atoms with Crippen LogP contribution in [0.2, 0.25) is 0 Å². The molecule has 3 N–H and O–H groups in total. The van der Waals surface area contributed by atoms with Gasteiger partial charge in [-0.1, -0.05) is 6.07 Å². The summed E-state index contributed by atoms with van der Waals surface area (Å²) in [6, 6.07) is 3.59. The van der Waals surface area contributed by atoms with Gasteiger partial charge < -0.3 is 5.73 Å². The van der Waals surface area contributed by atoms with Crippen LogP contribution in [0.5, 0.6) is 0 Å². The molecule has 4 nitrogen and oxygen atoms in total. The molecule has 0 saturated carbocycles. The Morgan fingerprint density at radius 3 is 2.93 bits per heavy atom. The molecule has 0 bridgehead atoms. The molecule has 0 atom stereocenters. The number of halogens is 2. The number of benzene rings is 1. The predicted octanol–water partition coefficient (Wildman–Crippen LogP) is 1.59. The Labute approximate surface area is 88.1 Å². The van der Waals surface area contributed by atoms with E-state index in [-0.39, 0.29) is 5.82 Å². The van der Waals surface area contributed by atoms with Gasteiger partial charge in [0.25, 0.3) is 0 Å². The molecule has 0 radical (unpaired) electrons. The molecule has 74 valence electrons. The van der Waals surface area contributed by atoms with E-state index >= 15 is 0 Å². The lowest BCUT2D eigenvalue weighted by Crippen LogP contribution is -2.24. The van der Waals surface area contributed by atoms with E-state index in [1.54, 1.807) is 0 Å². The second-order valence-corrected chi connectivity index (χ2v) is 3.26. The third kappa shape index (κ3) is 3.14. The number of urea groups is 1. The van der Waals surface area contributed by atoms with Crippen molar-refractivity contribution in [3.8, 4) is 0 Å². The highest BCUT2D eigenvalue weighted by Gasteiger charge is 1.97. The zero-order valence-electron chi connectivity index (χ0n) is 7.00. The van der Waals surface area contributed by atoms with E-state index in [4.69, 9.17) is 5.73 Å². The van der Waals surface area contributed by atoms with Crippen molar-refractivity contribution in [1.29, 1.82) is 0 Å². The maximum absolute atomic E-state index is 12.8. The maximum atomic E-state index is 12.8. The molecule has 0 saturated heterocycles. The number of hydrogen-bond donors (Lipinski definition) is 2. The van der Waals surface area contributed by atoms with Crippen LogP contribution in [0.15, 0.2) is 27.8 Å². The van der Waals surface area contributed by atoms with Crippen molar-refractivity contribution in [3.05, 3.63) is 34.1 Å². The van der Waals surface area contributed by atoms with E-state index in [1.807, 2.05) is 5.43 Å². The average Bonchev–Trinajstić information content (AvgIpc) is 2.10. The summed E-state index contributed by atoms with van der Waals surface area (Å²) in [5.74, 6) is -0.356. The Kier molecular flexibility index (Phi) is 3.58. The third-order valence-corrected chi connectivity index (χ3v) is 1.94. The fourth-order valence-electron chi connectivity index (χ4n) is 0.763. The fourth-order valence-corrected chi connectivity index (χ4v) is 1.16. The molecule has 0 heterocycles. The number of rotatable bonds is 2. The number of carbonyl (C=O) groups excluding carboxylic acids is 1. The summed E-state index contributed by atoms with van der Waals surface area (Å²) in [4.78, 5) is 10.2. The Bertz CT molecular complexity index is 381. The fraction of sp³-hybridized carbons (Fsp3) is 0. The normalized spacial score (nSPS) is 10.4. The molecule has 2 amide bonds. The van der Waals surface area contributed by atoms with Gasteiger partial charge in [-0.05, 0) is 33.6 Å². The number of hydrogen-bond acceptors (Lipinski definition) is 2. The van der Waals surface area contributed by atoms with Crippen LogP contribution in [0.1, 0.15) is 5.56 Å². The molecule has 0 fully saturated rings. The quantitative estimate of drug-likeness (QED) is 0.615. The first kappa shape index (κ1) is 10.6. The van der Waals surface area contributed by atoms with Crippen LogP contribution in [-0.2, 0) is 0 Å². The molecule has 1 aromatic carbocycles. The van der Waals surface area contributed by atoms with Crippen molar-refractivity contribution >= 4 is 28.2 Å². The zero-order chi connectivity index (χ0) is 10.6. The molecule has 14 heavy (non-hydrogen) atoms. The van der Waals surface area contributed by atoms with Crippen LogP contribution < -0.4 is 11.2 Å². The largest absolute Gasteiger partial charge is 0.350 e. The van der Waals surface area contributed by atoms with E-state index in [9.17, 15) is 9.18 Å². The Hall–Kier alpha value is -1.43. The second kappa shape index (κ2) is 4.71. The van der Waals surface area contributed by atoms with Gasteiger partial charge >= 0.3 is 6.03 Å². The topological polar surface area (TPSA) is 67.5 Å². The predicted molar refractivity (Wildman–Crippen MR) is 54.4 cm³/mol. The highest BCUT2D eigenvalue weighted by atomic mass is 79.9. The first-order valence-electron chi connectivity index (χ1n) is 3.63. The van der Waals surface area contributed by atoms with Crippen molar-refractivity contribution in [2.24, 2.45) is 10.8 Å². The van der Waals surface area contributed by atoms with Crippen LogP contribution in [0.25, 0.3) is 0 Å². The van der Waals surface area contributed by atoms with Gasteiger partial charge in [0, 0.05) is 0 Å². The van der Waals surface area contributed by atoms with E-state index in [0.717, 1.165) is 0 Å². The Balaban J connectivity index is 2.73. The molecule has 0 spiro atoms. The van der Waals surface area contributed by atoms with E-state index < -0.39 is 6.03 Å². The highest BCUT2D eigenvalue weighted by molar-refractivity contribution is 9.10. The SMILES string of the molecule is NC(=O)N/N=C/c1ccc(F)c(Br)c1. The van der Waals surface area contributed by atoms with Gasteiger partial charge in [0.1, 0.15) is 5.82 Å². The van der Waals surface area contributed by atoms with Crippen molar-refractivity contribution < 1.29 is 9.18 Å². The summed E-state index contributed by atoms with van der Waals surface area (Å²) < 4.78 is 13.1. The molecule has 1 rings (SSSR count). The lowest BCUT2D eigenvalue weighted by atomic mass is 10.2. The monoisotopic (exact) mass is 259 g/mol. The number of carbonyl (C=O) groups is 1. The molecule has 0 aliphatic carbocycles. The highest BCUT2D eigenvalue weighted by Crippen LogP contribution is 2.15. The van der Waals surface area contributed by atoms with Crippen LogP contribution >= 0.6 is 15.9 Å². The minimum Gasteiger partial charge on any atom is -0.350 e. The van der Waals surface area contributed by atoms with E-state index in [1.165, 1.54) is 24.4 Å². The number of nitrogens with zero attached hydrogens (tertiary/aromatic N) is 1. The zero-order valence-corrected chi connectivity index (χ0v) is 8.58. The van der Waals surface area contributed by atoms with Gasteiger partial charge in [-0.2, -0.15) is 5.10 Å². The number of hydrazone groups is 1. The Morgan fingerprint density at radius 2 is 2.36 bits per heavy atom. The molecule has 1 aromatic rings. The van der Waals surface area contributed by atoms with E-state index in [0.29, 0.717) is 10.0 Å². The van der Waals surface area contributed by atoms with Gasteiger partial charge in [-0.25, -0.2) is 14.6 Å². The lowest BCUT2D eigenvalue weighted by Gasteiger charge is -1.96. The Morgan fingerprint density at radius 1 is 1.64 bits per heavy atom. The summed E-state index contributed by atoms with van der Waals surface area (Å²) in [5, 5.41) is 3.52. The molecular weight excluding hydrogens is 253 g/mol. The van der Waals surface area contributed by atoms with Crippen molar-refractivity contribution in [2.45, 2.75) is 0 Å². The van der Waals surface area contributed by atoms with Crippen molar-refractivity contribution in [1.82, 2.24) is 5.43 Å². The molecule has 0 aromatic heterocycles. The summed E-state index contributed by atoms with van der Waals surface area (Å²) in [6.45, 7) is 0. The average molecular weight is 260 g/mol. The molecule has 0 unspecified atom stereocenters.